The van der Waals surface area contributed by atoms with Crippen LogP contribution in [0, 0.1) is 23.7 Å². The Morgan fingerprint density at radius 3 is 1.79 bits per heavy atom. The Kier molecular flexibility index (Phi) is 12.9. The fourth-order valence-corrected chi connectivity index (χ4v) is 2.91. The van der Waals surface area contributed by atoms with Crippen molar-refractivity contribution >= 4 is 24.1 Å². The Labute approximate surface area is 231 Å². The van der Waals surface area contributed by atoms with Crippen molar-refractivity contribution in [1.82, 2.24) is 0 Å². The standard InChI is InChI=1S/C29H45NO9/c1-16(2)19(6)25(31)37-23-12-11-21(14-24(23)38-26(32)20(7)17(3)4)13-22(30)27(33)35-15-18(5)36-28(34)39-29(8,9)10/h11-12,14,16-20,22H,13,15,30H2,1-10H3/t18-,19?,20?,22-/m0/s1. The van der Waals surface area contributed by atoms with Crippen LogP contribution in [0.4, 0.5) is 4.79 Å². The maximum atomic E-state index is 12.7. The van der Waals surface area contributed by atoms with Crippen molar-refractivity contribution in [2.75, 3.05) is 6.61 Å². The Morgan fingerprint density at radius 1 is 0.795 bits per heavy atom. The van der Waals surface area contributed by atoms with Gasteiger partial charge in [0.05, 0.1) is 11.8 Å². The van der Waals surface area contributed by atoms with Crippen LogP contribution in [0.25, 0.3) is 0 Å². The van der Waals surface area contributed by atoms with Crippen LogP contribution in [-0.2, 0) is 35.0 Å². The Morgan fingerprint density at radius 2 is 1.31 bits per heavy atom. The molecule has 2 unspecified atom stereocenters. The highest BCUT2D eigenvalue weighted by Crippen LogP contribution is 2.31. The summed E-state index contributed by atoms with van der Waals surface area (Å²) in [7, 11) is 0. The van der Waals surface area contributed by atoms with Gasteiger partial charge in [-0.25, -0.2) is 4.79 Å². The summed E-state index contributed by atoms with van der Waals surface area (Å²) in [6.07, 6.45) is -1.55. The second kappa shape index (κ2) is 14.9. The lowest BCUT2D eigenvalue weighted by atomic mass is 9.98. The summed E-state index contributed by atoms with van der Waals surface area (Å²) in [5, 5.41) is 0. The van der Waals surface area contributed by atoms with Gasteiger partial charge in [-0.1, -0.05) is 47.6 Å². The van der Waals surface area contributed by atoms with Crippen molar-refractivity contribution < 1.29 is 42.9 Å². The Hall–Kier alpha value is -3.14. The average molecular weight is 552 g/mol. The highest BCUT2D eigenvalue weighted by Gasteiger charge is 2.26. The van der Waals surface area contributed by atoms with Gasteiger partial charge in [-0.2, -0.15) is 0 Å². The summed E-state index contributed by atoms with van der Waals surface area (Å²) in [5.74, 6) is -2.12. The van der Waals surface area contributed by atoms with Crippen LogP contribution in [0.15, 0.2) is 18.2 Å². The van der Waals surface area contributed by atoms with E-state index in [-0.39, 0.29) is 42.3 Å². The van der Waals surface area contributed by atoms with Crippen LogP contribution in [0.2, 0.25) is 0 Å². The van der Waals surface area contributed by atoms with Crippen molar-refractivity contribution in [3.8, 4) is 11.5 Å². The molecular formula is C29H45NO9. The summed E-state index contributed by atoms with van der Waals surface area (Å²) in [6.45, 7) is 17.6. The number of hydrogen-bond acceptors (Lipinski definition) is 10. The van der Waals surface area contributed by atoms with E-state index in [1.807, 2.05) is 27.7 Å². The van der Waals surface area contributed by atoms with Gasteiger partial charge in [0.2, 0.25) is 0 Å². The van der Waals surface area contributed by atoms with Crippen molar-refractivity contribution in [2.24, 2.45) is 29.4 Å². The Balaban J connectivity index is 2.94. The van der Waals surface area contributed by atoms with Gasteiger partial charge in [0.1, 0.15) is 24.4 Å². The van der Waals surface area contributed by atoms with E-state index in [1.165, 1.54) is 12.1 Å². The molecule has 4 atom stereocenters. The molecule has 0 aliphatic rings. The molecule has 0 fully saturated rings. The molecule has 1 aromatic rings. The smallest absolute Gasteiger partial charge is 0.461 e. The number of rotatable bonds is 12. The normalized spacial score (nSPS) is 14.7. The molecule has 0 amide bonds. The lowest BCUT2D eigenvalue weighted by Gasteiger charge is -2.21. The minimum Gasteiger partial charge on any atom is -0.461 e. The van der Waals surface area contributed by atoms with Crippen molar-refractivity contribution in [1.29, 1.82) is 0 Å². The zero-order valence-corrected chi connectivity index (χ0v) is 24.9. The molecule has 10 heteroatoms. The number of esters is 3. The van der Waals surface area contributed by atoms with Crippen LogP contribution in [0.3, 0.4) is 0 Å². The van der Waals surface area contributed by atoms with Gasteiger partial charge in [-0.15, -0.1) is 0 Å². The fourth-order valence-electron chi connectivity index (χ4n) is 2.91. The third kappa shape index (κ3) is 12.1. The van der Waals surface area contributed by atoms with Crippen LogP contribution in [0.1, 0.15) is 74.8 Å². The second-order valence-corrected chi connectivity index (χ2v) is 11.5. The molecule has 0 aromatic heterocycles. The van der Waals surface area contributed by atoms with Crippen LogP contribution >= 0.6 is 0 Å². The molecule has 0 aliphatic heterocycles. The summed E-state index contributed by atoms with van der Waals surface area (Å²) in [4.78, 5) is 49.5. The summed E-state index contributed by atoms with van der Waals surface area (Å²) in [6, 6.07) is 3.62. The molecule has 0 saturated carbocycles. The number of nitrogens with two attached hydrogens (primary N) is 1. The quantitative estimate of drug-likeness (QED) is 0.283. The minimum atomic E-state index is -1.05. The minimum absolute atomic E-state index is 0.0394. The van der Waals surface area contributed by atoms with Crippen molar-refractivity contribution in [2.45, 2.75) is 93.4 Å². The summed E-state index contributed by atoms with van der Waals surface area (Å²) >= 11 is 0. The van der Waals surface area contributed by atoms with E-state index in [2.05, 4.69) is 0 Å². The largest absolute Gasteiger partial charge is 0.509 e. The predicted molar refractivity (Wildman–Crippen MR) is 145 cm³/mol. The topological polar surface area (TPSA) is 140 Å². The first kappa shape index (κ1) is 33.9. The number of carbonyl (C=O) groups is 4. The van der Waals surface area contributed by atoms with E-state index < -0.39 is 47.7 Å². The van der Waals surface area contributed by atoms with E-state index in [0.717, 1.165) is 0 Å². The van der Waals surface area contributed by atoms with Gasteiger partial charge in [0, 0.05) is 0 Å². The van der Waals surface area contributed by atoms with Crippen molar-refractivity contribution in [3.63, 3.8) is 0 Å². The molecule has 10 nitrogen and oxygen atoms in total. The fraction of sp³-hybridized carbons (Fsp3) is 0.655. The third-order valence-electron chi connectivity index (χ3n) is 6.08. The first-order valence-corrected chi connectivity index (χ1v) is 13.3. The van der Waals surface area contributed by atoms with Crippen LogP contribution < -0.4 is 15.2 Å². The third-order valence-corrected chi connectivity index (χ3v) is 6.08. The van der Waals surface area contributed by atoms with Crippen LogP contribution in [0.5, 0.6) is 11.5 Å². The van der Waals surface area contributed by atoms with Gasteiger partial charge < -0.3 is 29.4 Å². The first-order valence-electron chi connectivity index (χ1n) is 13.3. The van der Waals surface area contributed by atoms with E-state index in [4.69, 9.17) is 29.4 Å². The van der Waals surface area contributed by atoms with Gasteiger partial charge in [-0.3, -0.25) is 14.4 Å². The number of carbonyl (C=O) groups excluding carboxylic acids is 4. The maximum Gasteiger partial charge on any atom is 0.509 e. The molecule has 0 spiro atoms. The molecule has 0 radical (unpaired) electrons. The molecule has 39 heavy (non-hydrogen) atoms. The number of hydrogen-bond donors (Lipinski definition) is 1. The molecule has 2 N–H and O–H groups in total. The molecule has 0 heterocycles. The molecule has 0 bridgehead atoms. The van der Waals surface area contributed by atoms with Gasteiger partial charge >= 0.3 is 24.1 Å². The highest BCUT2D eigenvalue weighted by atomic mass is 16.7. The zero-order chi connectivity index (χ0) is 30.1. The SMILES string of the molecule is CC(C)C(C)C(=O)Oc1ccc(C[C@H](N)C(=O)OC[C@H](C)OC(=O)OC(C)(C)C)cc1OC(=O)C(C)C(C)C. The molecular weight excluding hydrogens is 506 g/mol. The van der Waals surface area contributed by atoms with Gasteiger partial charge in [-0.05, 0) is 63.6 Å². The van der Waals surface area contributed by atoms with E-state index in [0.29, 0.717) is 5.56 Å². The highest BCUT2D eigenvalue weighted by molar-refractivity contribution is 5.79. The molecule has 1 rings (SSSR count). The second-order valence-electron chi connectivity index (χ2n) is 11.5. The first-order chi connectivity index (χ1) is 17.9. The van der Waals surface area contributed by atoms with Gasteiger partial charge in [0.15, 0.2) is 11.5 Å². The summed E-state index contributed by atoms with van der Waals surface area (Å²) in [5.41, 5.74) is 5.90. The summed E-state index contributed by atoms with van der Waals surface area (Å²) < 4.78 is 26.5. The Bertz CT molecular complexity index is 997. The maximum absolute atomic E-state index is 12.7. The monoisotopic (exact) mass is 551 g/mol. The lowest BCUT2D eigenvalue weighted by Crippen LogP contribution is -2.36. The van der Waals surface area contributed by atoms with Crippen molar-refractivity contribution in [3.05, 3.63) is 23.8 Å². The van der Waals surface area contributed by atoms with E-state index in [9.17, 15) is 19.2 Å². The molecule has 1 aromatic carbocycles. The van der Waals surface area contributed by atoms with E-state index >= 15 is 0 Å². The molecule has 220 valence electrons. The lowest BCUT2D eigenvalue weighted by molar-refractivity contribution is -0.148. The van der Waals surface area contributed by atoms with Gasteiger partial charge in [0.25, 0.3) is 0 Å². The average Bonchev–Trinajstić information content (AvgIpc) is 2.81. The number of ether oxygens (including phenoxy) is 5. The van der Waals surface area contributed by atoms with E-state index in [1.54, 1.807) is 47.6 Å². The molecule has 0 saturated heterocycles. The van der Waals surface area contributed by atoms with Crippen LogP contribution in [-0.4, -0.2) is 48.4 Å². The molecule has 0 aliphatic carbocycles. The number of benzene rings is 1. The zero-order valence-electron chi connectivity index (χ0n) is 24.9. The predicted octanol–water partition coefficient (Wildman–Crippen LogP) is 4.83.